The fourth-order valence-electron chi connectivity index (χ4n) is 1.82. The number of hydrogen-bond donors (Lipinski definition) is 1. The minimum atomic E-state index is -0.166. The molecule has 1 amide bonds. The molecule has 0 radical (unpaired) electrons. The molecule has 6 heteroatoms. The van der Waals surface area contributed by atoms with Gasteiger partial charge in [-0.15, -0.1) is 0 Å². The van der Waals surface area contributed by atoms with E-state index in [2.05, 4.69) is 11.2 Å². The molecular formula is C11H15N5O. The Hall–Kier alpha value is -2.03. The molecule has 17 heavy (non-hydrogen) atoms. The Morgan fingerprint density at radius 2 is 2.47 bits per heavy atom. The van der Waals surface area contributed by atoms with E-state index in [0.717, 1.165) is 12.8 Å². The highest BCUT2D eigenvalue weighted by Gasteiger charge is 2.34. The number of aromatic nitrogens is 2. The van der Waals surface area contributed by atoms with Crippen LogP contribution in [0.4, 0.5) is 5.69 Å². The second kappa shape index (κ2) is 4.45. The van der Waals surface area contributed by atoms with E-state index in [1.54, 1.807) is 18.1 Å². The zero-order chi connectivity index (χ0) is 12.4. The lowest BCUT2D eigenvalue weighted by atomic mass is 10.3. The summed E-state index contributed by atoms with van der Waals surface area (Å²) in [4.78, 5) is 13.9. The average molecular weight is 233 g/mol. The largest absolute Gasteiger partial charge is 0.396 e. The van der Waals surface area contributed by atoms with Crippen molar-refractivity contribution in [1.82, 2.24) is 14.7 Å². The number of aryl methyl sites for hydroxylation is 1. The van der Waals surface area contributed by atoms with Gasteiger partial charge in [0.2, 0.25) is 0 Å². The molecule has 0 spiro atoms. The first-order valence-corrected chi connectivity index (χ1v) is 5.60. The van der Waals surface area contributed by atoms with Crippen LogP contribution in [-0.2, 0) is 7.05 Å². The Kier molecular flexibility index (Phi) is 3.00. The summed E-state index contributed by atoms with van der Waals surface area (Å²) in [6, 6.07) is 2.32. The quantitative estimate of drug-likeness (QED) is 0.821. The highest BCUT2D eigenvalue weighted by molar-refractivity contribution is 5.97. The fourth-order valence-corrected chi connectivity index (χ4v) is 1.82. The number of rotatable bonds is 4. The van der Waals surface area contributed by atoms with Gasteiger partial charge >= 0.3 is 0 Å². The summed E-state index contributed by atoms with van der Waals surface area (Å²) in [7, 11) is 1.73. The molecule has 1 aliphatic carbocycles. The van der Waals surface area contributed by atoms with E-state index in [0.29, 0.717) is 18.7 Å². The predicted molar refractivity (Wildman–Crippen MR) is 61.9 cm³/mol. The number of nitrogens with two attached hydrogens (primary N) is 1. The van der Waals surface area contributed by atoms with Crippen LogP contribution >= 0.6 is 0 Å². The van der Waals surface area contributed by atoms with Crippen molar-refractivity contribution in [2.45, 2.75) is 25.3 Å². The molecule has 6 nitrogen and oxygen atoms in total. The van der Waals surface area contributed by atoms with Gasteiger partial charge in [-0.2, -0.15) is 10.4 Å². The van der Waals surface area contributed by atoms with Crippen molar-refractivity contribution in [3.05, 3.63) is 11.9 Å². The number of amides is 1. The molecule has 0 atom stereocenters. The van der Waals surface area contributed by atoms with Crippen LogP contribution in [0.3, 0.4) is 0 Å². The summed E-state index contributed by atoms with van der Waals surface area (Å²) in [5, 5.41) is 12.7. The first-order chi connectivity index (χ1) is 8.13. The highest BCUT2D eigenvalue weighted by Crippen LogP contribution is 2.28. The molecule has 1 aromatic heterocycles. The third kappa shape index (κ3) is 2.38. The van der Waals surface area contributed by atoms with Crippen molar-refractivity contribution in [2.75, 3.05) is 12.3 Å². The number of nitriles is 1. The SMILES string of the molecule is Cn1cc(N)c(C(=O)N(CCC#N)C2CC2)n1. The van der Waals surface area contributed by atoms with Gasteiger partial charge in [-0.05, 0) is 12.8 Å². The molecule has 90 valence electrons. The topological polar surface area (TPSA) is 87.9 Å². The van der Waals surface area contributed by atoms with Crippen molar-refractivity contribution in [2.24, 2.45) is 7.05 Å². The van der Waals surface area contributed by atoms with Crippen molar-refractivity contribution in [1.29, 1.82) is 5.26 Å². The summed E-state index contributed by atoms with van der Waals surface area (Å²) in [6.07, 6.45) is 3.96. The summed E-state index contributed by atoms with van der Waals surface area (Å²) in [5.74, 6) is -0.166. The van der Waals surface area contributed by atoms with Gasteiger partial charge in [0.25, 0.3) is 5.91 Å². The average Bonchev–Trinajstić information content (AvgIpc) is 3.05. The number of carbonyl (C=O) groups excluding carboxylic acids is 1. The van der Waals surface area contributed by atoms with E-state index >= 15 is 0 Å². The summed E-state index contributed by atoms with van der Waals surface area (Å²) >= 11 is 0. The van der Waals surface area contributed by atoms with Crippen molar-refractivity contribution in [3.63, 3.8) is 0 Å². The lowest BCUT2D eigenvalue weighted by Crippen LogP contribution is -2.34. The van der Waals surface area contributed by atoms with Gasteiger partial charge in [0.05, 0.1) is 18.2 Å². The predicted octanol–water partition coefficient (Wildman–Crippen LogP) is 0.521. The van der Waals surface area contributed by atoms with E-state index in [-0.39, 0.29) is 17.6 Å². The van der Waals surface area contributed by atoms with Crippen LogP contribution in [0.5, 0.6) is 0 Å². The zero-order valence-corrected chi connectivity index (χ0v) is 9.76. The molecule has 1 fully saturated rings. The molecule has 0 aromatic carbocycles. The molecule has 2 rings (SSSR count). The Bertz CT molecular complexity index is 469. The number of nitrogen functional groups attached to an aromatic ring is 1. The maximum absolute atomic E-state index is 12.2. The van der Waals surface area contributed by atoms with E-state index in [1.165, 1.54) is 4.68 Å². The van der Waals surface area contributed by atoms with Crippen molar-refractivity contribution < 1.29 is 4.79 Å². The van der Waals surface area contributed by atoms with Crippen LogP contribution in [0.15, 0.2) is 6.20 Å². The Morgan fingerprint density at radius 3 is 2.94 bits per heavy atom. The molecule has 0 unspecified atom stereocenters. The van der Waals surface area contributed by atoms with E-state index in [9.17, 15) is 4.79 Å². The minimum Gasteiger partial charge on any atom is -0.396 e. The lowest BCUT2D eigenvalue weighted by Gasteiger charge is -2.20. The number of nitrogens with zero attached hydrogens (tertiary/aromatic N) is 4. The fraction of sp³-hybridized carbons (Fsp3) is 0.545. The molecule has 1 aromatic rings. The van der Waals surface area contributed by atoms with Gasteiger partial charge < -0.3 is 10.6 Å². The summed E-state index contributed by atoms with van der Waals surface area (Å²) < 4.78 is 1.53. The first kappa shape index (κ1) is 11.5. The molecule has 0 bridgehead atoms. The molecule has 1 heterocycles. The van der Waals surface area contributed by atoms with Gasteiger partial charge in [-0.3, -0.25) is 9.48 Å². The van der Waals surface area contributed by atoms with Gasteiger partial charge in [-0.25, -0.2) is 0 Å². The summed E-state index contributed by atoms with van der Waals surface area (Å²) in [5.41, 5.74) is 6.41. The van der Waals surface area contributed by atoms with E-state index in [4.69, 9.17) is 11.0 Å². The van der Waals surface area contributed by atoms with Crippen LogP contribution in [0.2, 0.25) is 0 Å². The van der Waals surface area contributed by atoms with Crippen LogP contribution in [0.1, 0.15) is 29.8 Å². The molecule has 1 aliphatic rings. The van der Waals surface area contributed by atoms with Crippen LogP contribution < -0.4 is 5.73 Å². The van der Waals surface area contributed by atoms with Crippen molar-refractivity contribution in [3.8, 4) is 6.07 Å². The van der Waals surface area contributed by atoms with Gasteiger partial charge in [-0.1, -0.05) is 0 Å². The highest BCUT2D eigenvalue weighted by atomic mass is 16.2. The Labute approximate surface area is 99.6 Å². The number of anilines is 1. The second-order valence-corrected chi connectivity index (χ2v) is 4.24. The Balaban J connectivity index is 2.16. The molecule has 1 saturated carbocycles. The molecule has 0 aliphatic heterocycles. The minimum absolute atomic E-state index is 0.166. The van der Waals surface area contributed by atoms with Crippen molar-refractivity contribution >= 4 is 11.6 Å². The van der Waals surface area contributed by atoms with Gasteiger partial charge in [0, 0.05) is 25.8 Å². The standard InChI is InChI=1S/C11H15N5O/c1-15-7-9(13)10(14-15)11(17)16(6-2-5-12)8-3-4-8/h7-8H,2-4,6,13H2,1H3. The maximum atomic E-state index is 12.2. The first-order valence-electron chi connectivity index (χ1n) is 5.60. The zero-order valence-electron chi connectivity index (χ0n) is 9.76. The van der Waals surface area contributed by atoms with Gasteiger partial charge in [0.1, 0.15) is 0 Å². The van der Waals surface area contributed by atoms with Gasteiger partial charge in [0.15, 0.2) is 5.69 Å². The normalized spacial score (nSPS) is 14.4. The Morgan fingerprint density at radius 1 is 1.76 bits per heavy atom. The smallest absolute Gasteiger partial charge is 0.276 e. The number of hydrogen-bond acceptors (Lipinski definition) is 4. The van der Waals surface area contributed by atoms with Crippen LogP contribution in [0, 0.1) is 11.3 Å². The van der Waals surface area contributed by atoms with E-state index in [1.807, 2.05) is 0 Å². The van der Waals surface area contributed by atoms with E-state index < -0.39 is 0 Å². The molecule has 2 N–H and O–H groups in total. The maximum Gasteiger partial charge on any atom is 0.276 e. The monoisotopic (exact) mass is 233 g/mol. The third-order valence-corrected chi connectivity index (χ3v) is 2.77. The van der Waals surface area contributed by atoms with Crippen LogP contribution in [-0.4, -0.2) is 33.2 Å². The third-order valence-electron chi connectivity index (χ3n) is 2.77. The molecular weight excluding hydrogens is 218 g/mol. The lowest BCUT2D eigenvalue weighted by molar-refractivity contribution is 0.0741. The number of carbonyl (C=O) groups is 1. The molecule has 0 saturated heterocycles. The summed E-state index contributed by atoms with van der Waals surface area (Å²) in [6.45, 7) is 0.454. The second-order valence-electron chi connectivity index (χ2n) is 4.24. The van der Waals surface area contributed by atoms with Crippen LogP contribution in [0.25, 0.3) is 0 Å².